The van der Waals surface area contributed by atoms with E-state index in [-0.39, 0.29) is 0 Å². The quantitative estimate of drug-likeness (QED) is 0.0674. The highest BCUT2D eigenvalue weighted by molar-refractivity contribution is 7.80. The third kappa shape index (κ3) is 13.3. The van der Waals surface area contributed by atoms with Gasteiger partial charge in [-0.3, -0.25) is 5.41 Å². The summed E-state index contributed by atoms with van der Waals surface area (Å²) in [6.45, 7) is 0. The van der Waals surface area contributed by atoms with E-state index in [0.29, 0.717) is 5.71 Å². The third-order valence-electron chi connectivity index (χ3n) is 17.2. The maximum absolute atomic E-state index is 7.97. The van der Waals surface area contributed by atoms with Gasteiger partial charge < -0.3 is 5.73 Å². The van der Waals surface area contributed by atoms with Crippen molar-refractivity contribution in [3.8, 4) is 22.3 Å². The van der Waals surface area contributed by atoms with Gasteiger partial charge in [0, 0.05) is 39.1 Å². The van der Waals surface area contributed by atoms with Gasteiger partial charge in [-0.1, -0.05) is 376 Å². The smallest absolute Gasteiger partial charge is 0.0781 e. The molecule has 0 radical (unpaired) electrons. The standard InChI is InChI=1S/C45H32NP.C32H24NP.C13H11N/c1-5-19-35(20-6-1)45(36-21-7-2-8-22-36)46-41-31-29-33-17-13-15-27-39(33)43(41)44-40-28-16-14-18-34(40)30-32-42(44)47(37-23-9-3-10-24-37)38-25-11-4-12-26-38;33-29-21-19-23-11-7-9-17-27(23)31(29)32-28-18-10-8-12-24(28)20-22-30(32)34(25-13-3-1-4-14-25)26-15-5-2-6-16-26;14-13(11-7-3-1-4-8-11)12-9-5-2-6-10-12/h1-32H;1-22H,33H2;1-10,14H. The summed E-state index contributed by atoms with van der Waals surface area (Å²) in [6, 6.07) is 137. The van der Waals surface area contributed by atoms with Crippen LogP contribution in [0.15, 0.2) is 393 Å². The fraction of sp³-hybridized carbons (Fsp3) is 0. The molecular weight excluding hydrogens is 1180 g/mol. The second kappa shape index (κ2) is 29.0. The van der Waals surface area contributed by atoms with Crippen molar-refractivity contribution in [3.05, 3.63) is 411 Å². The fourth-order valence-electron chi connectivity index (χ4n) is 12.7. The van der Waals surface area contributed by atoms with Crippen LogP contribution in [-0.4, -0.2) is 11.4 Å². The summed E-state index contributed by atoms with van der Waals surface area (Å²) in [6.07, 6.45) is 0. The third-order valence-corrected chi connectivity index (χ3v) is 22.1. The molecule has 16 aromatic rings. The van der Waals surface area contributed by atoms with Gasteiger partial charge in [-0.15, -0.1) is 0 Å². The second-order valence-electron chi connectivity index (χ2n) is 23.1. The highest BCUT2D eigenvalue weighted by atomic mass is 31.1. The Labute approximate surface area is 558 Å². The lowest BCUT2D eigenvalue weighted by atomic mass is 9.92. The Kier molecular flexibility index (Phi) is 18.7. The molecule has 0 spiro atoms. The van der Waals surface area contributed by atoms with Crippen LogP contribution in [0.25, 0.3) is 65.3 Å². The lowest BCUT2D eigenvalue weighted by molar-refractivity contribution is 1.46. The summed E-state index contributed by atoms with van der Waals surface area (Å²) in [4.78, 5) is 5.60. The van der Waals surface area contributed by atoms with Crippen LogP contribution in [0.3, 0.4) is 0 Å². The molecule has 3 N–H and O–H groups in total. The summed E-state index contributed by atoms with van der Waals surface area (Å²) in [5.74, 6) is 0. The van der Waals surface area contributed by atoms with Gasteiger partial charge in [0.1, 0.15) is 0 Å². The molecular formula is C90H67N3P2. The Balaban J connectivity index is 0.000000140. The predicted molar refractivity (Wildman–Crippen MR) is 413 cm³/mol. The molecule has 452 valence electrons. The van der Waals surface area contributed by atoms with E-state index in [9.17, 15) is 0 Å². The number of benzene rings is 16. The molecule has 16 aromatic carbocycles. The molecule has 0 aromatic heterocycles. The summed E-state index contributed by atoms with van der Waals surface area (Å²) < 4.78 is 0. The number of nitrogen functional groups attached to an aromatic ring is 1. The topological polar surface area (TPSA) is 62.2 Å². The van der Waals surface area contributed by atoms with Crippen LogP contribution >= 0.6 is 15.8 Å². The van der Waals surface area contributed by atoms with Crippen molar-refractivity contribution in [2.75, 3.05) is 5.73 Å². The van der Waals surface area contributed by atoms with Crippen LogP contribution in [0.4, 0.5) is 11.4 Å². The zero-order valence-corrected chi connectivity index (χ0v) is 54.2. The first-order valence-electron chi connectivity index (χ1n) is 32.1. The number of nitrogens with one attached hydrogen (secondary N) is 1. The summed E-state index contributed by atoms with van der Waals surface area (Å²) in [7, 11) is -1.67. The van der Waals surface area contributed by atoms with E-state index < -0.39 is 15.8 Å². The monoisotopic (exact) mass is 1250 g/mol. The number of hydrogen-bond donors (Lipinski definition) is 2. The lowest BCUT2D eigenvalue weighted by Crippen LogP contribution is -2.22. The zero-order valence-electron chi connectivity index (χ0n) is 52.4. The van der Waals surface area contributed by atoms with Crippen molar-refractivity contribution in [2.45, 2.75) is 0 Å². The second-order valence-corrected chi connectivity index (χ2v) is 27.5. The highest BCUT2D eigenvalue weighted by Gasteiger charge is 2.27. The molecule has 3 nitrogen and oxygen atoms in total. The average Bonchev–Trinajstić information content (AvgIpc) is 0.751. The van der Waals surface area contributed by atoms with Gasteiger partial charge in [0.15, 0.2) is 0 Å². The van der Waals surface area contributed by atoms with Gasteiger partial charge in [0.2, 0.25) is 0 Å². The van der Waals surface area contributed by atoms with E-state index in [2.05, 4.69) is 328 Å². The van der Waals surface area contributed by atoms with Crippen LogP contribution in [0.5, 0.6) is 0 Å². The van der Waals surface area contributed by atoms with Crippen LogP contribution < -0.4 is 37.6 Å². The number of nitrogens with two attached hydrogens (primary N) is 1. The Morgan fingerprint density at radius 1 is 0.242 bits per heavy atom. The Morgan fingerprint density at radius 3 is 0.863 bits per heavy atom. The van der Waals surface area contributed by atoms with Gasteiger partial charge in [0.05, 0.1) is 17.1 Å². The molecule has 0 aliphatic heterocycles. The number of fused-ring (bicyclic) bond motifs is 4. The molecule has 16 rings (SSSR count). The van der Waals surface area contributed by atoms with Crippen molar-refractivity contribution in [1.29, 1.82) is 5.41 Å². The van der Waals surface area contributed by atoms with Crippen molar-refractivity contribution >= 4 is 114 Å². The molecule has 0 fully saturated rings. The largest absolute Gasteiger partial charge is 0.398 e. The Hall–Kier alpha value is -11.4. The number of anilines is 1. The van der Waals surface area contributed by atoms with E-state index in [1.54, 1.807) is 0 Å². The van der Waals surface area contributed by atoms with E-state index in [1.165, 1.54) is 91.6 Å². The van der Waals surface area contributed by atoms with Crippen LogP contribution in [0.2, 0.25) is 0 Å². The number of hydrogen-bond acceptors (Lipinski definition) is 3. The molecule has 0 aliphatic carbocycles. The zero-order chi connectivity index (χ0) is 64.1. The van der Waals surface area contributed by atoms with Crippen molar-refractivity contribution < 1.29 is 0 Å². The first-order chi connectivity index (χ1) is 47.0. The minimum absolute atomic E-state index is 0.575. The Bertz CT molecular complexity index is 5140. The molecule has 5 heteroatoms. The maximum atomic E-state index is 7.97. The van der Waals surface area contributed by atoms with Crippen molar-refractivity contribution in [2.24, 2.45) is 4.99 Å². The fourth-order valence-corrected chi connectivity index (χ4v) is 17.7. The van der Waals surface area contributed by atoms with Crippen LogP contribution in [0, 0.1) is 5.41 Å². The molecule has 95 heavy (non-hydrogen) atoms. The van der Waals surface area contributed by atoms with E-state index in [0.717, 1.165) is 44.9 Å². The molecule has 0 aliphatic rings. The normalized spacial score (nSPS) is 11.0. The number of rotatable bonds is 13. The van der Waals surface area contributed by atoms with E-state index in [4.69, 9.17) is 16.1 Å². The minimum Gasteiger partial charge on any atom is -0.398 e. The van der Waals surface area contributed by atoms with Gasteiger partial charge in [-0.05, 0) is 114 Å². The maximum Gasteiger partial charge on any atom is 0.0781 e. The number of nitrogens with zero attached hydrogens (tertiary/aromatic N) is 1. The number of aliphatic imine (C=N–C) groups is 1. The van der Waals surface area contributed by atoms with Gasteiger partial charge in [-0.2, -0.15) is 0 Å². The molecule has 0 atom stereocenters. The first kappa shape index (κ1) is 61.1. The molecule has 0 heterocycles. The predicted octanol–water partition coefficient (Wildman–Crippen LogP) is 20.7. The van der Waals surface area contributed by atoms with Gasteiger partial charge >= 0.3 is 0 Å². The van der Waals surface area contributed by atoms with Gasteiger partial charge in [-0.25, -0.2) is 4.99 Å². The summed E-state index contributed by atoms with van der Waals surface area (Å²) >= 11 is 0. The molecule has 0 amide bonds. The average molecular weight is 1250 g/mol. The van der Waals surface area contributed by atoms with Crippen molar-refractivity contribution in [3.63, 3.8) is 0 Å². The molecule has 0 bridgehead atoms. The molecule has 0 saturated carbocycles. The van der Waals surface area contributed by atoms with Crippen molar-refractivity contribution in [1.82, 2.24) is 0 Å². The SMILES string of the molecule is N=C(c1ccccc1)c1ccccc1.Nc1ccc2ccccc2c1-c1c(P(c2ccccc2)c2ccccc2)ccc2ccccc12.c1ccc(C(=Nc2ccc3ccccc3c2-c2c(P(c3ccccc3)c3ccccc3)ccc3ccccc23)c2ccccc2)cc1. The molecule has 0 saturated heterocycles. The van der Waals surface area contributed by atoms with Crippen LogP contribution in [-0.2, 0) is 0 Å². The minimum atomic E-state index is -0.888. The summed E-state index contributed by atoms with van der Waals surface area (Å²) in [5.41, 5.74) is 18.9. The summed E-state index contributed by atoms with van der Waals surface area (Å²) in [5, 5.41) is 25.6. The highest BCUT2D eigenvalue weighted by Crippen LogP contribution is 2.47. The van der Waals surface area contributed by atoms with Crippen LogP contribution in [0.1, 0.15) is 22.3 Å². The van der Waals surface area contributed by atoms with E-state index >= 15 is 0 Å². The first-order valence-corrected chi connectivity index (χ1v) is 34.7. The lowest BCUT2D eigenvalue weighted by Gasteiger charge is -2.25. The van der Waals surface area contributed by atoms with E-state index in [1.807, 2.05) is 60.7 Å². The Morgan fingerprint density at radius 2 is 0.505 bits per heavy atom. The van der Waals surface area contributed by atoms with Gasteiger partial charge in [0.25, 0.3) is 0 Å². The molecule has 0 unspecified atom stereocenters.